The van der Waals surface area contributed by atoms with E-state index in [9.17, 15) is 9.59 Å². The largest absolute Gasteiger partial charge is 0.496 e. The number of carbonyl (C=O) groups is 2. The normalized spacial score (nSPS) is 12.0. The molecule has 2 amide bonds. The third-order valence-electron chi connectivity index (χ3n) is 5.95. The lowest BCUT2D eigenvalue weighted by atomic mass is 10.1. The third-order valence-corrected chi connectivity index (χ3v) is 5.95. The van der Waals surface area contributed by atoms with E-state index in [1.165, 1.54) is 11.2 Å². The van der Waals surface area contributed by atoms with E-state index in [0.29, 0.717) is 29.5 Å². The van der Waals surface area contributed by atoms with Crippen molar-refractivity contribution in [2.75, 3.05) is 13.7 Å². The highest BCUT2D eigenvalue weighted by Gasteiger charge is 2.34. The number of nitrogens with one attached hydrogen (secondary N) is 1. The van der Waals surface area contributed by atoms with Crippen molar-refractivity contribution in [1.82, 2.24) is 25.2 Å². The van der Waals surface area contributed by atoms with Crippen molar-refractivity contribution in [2.24, 2.45) is 5.92 Å². The number of hydrogen-bond donors (Lipinski definition) is 1. The second-order valence-electron chi connectivity index (χ2n) is 8.96. The fourth-order valence-corrected chi connectivity index (χ4v) is 4.05. The number of methoxy groups -OCH3 is 1. The minimum atomic E-state index is -0.973. The van der Waals surface area contributed by atoms with E-state index in [1.54, 1.807) is 23.9 Å². The molecule has 9 heteroatoms. The van der Waals surface area contributed by atoms with Crippen LogP contribution in [0.4, 0.5) is 0 Å². The van der Waals surface area contributed by atoms with Gasteiger partial charge in [0.05, 0.1) is 25.4 Å². The van der Waals surface area contributed by atoms with Crippen molar-refractivity contribution in [3.05, 3.63) is 78.3 Å². The summed E-state index contributed by atoms with van der Waals surface area (Å²) in [5, 5.41) is 11.3. The van der Waals surface area contributed by atoms with Crippen molar-refractivity contribution in [3.8, 4) is 5.75 Å². The first-order chi connectivity index (χ1) is 17.5. The molecule has 0 aliphatic carbocycles. The van der Waals surface area contributed by atoms with Gasteiger partial charge in [-0.05, 0) is 42.7 Å². The molecule has 2 aromatic heterocycles. The van der Waals surface area contributed by atoms with Crippen LogP contribution in [0.15, 0.2) is 71.3 Å². The highest BCUT2D eigenvalue weighted by molar-refractivity contribution is 5.88. The van der Waals surface area contributed by atoms with Gasteiger partial charge in [-0.3, -0.25) is 9.59 Å². The highest BCUT2D eigenvalue weighted by Crippen LogP contribution is 2.28. The molecule has 2 aromatic carbocycles. The van der Waals surface area contributed by atoms with Crippen LogP contribution in [-0.4, -0.2) is 45.4 Å². The Labute approximate surface area is 210 Å². The molecule has 0 fully saturated rings. The van der Waals surface area contributed by atoms with Gasteiger partial charge in [-0.15, -0.1) is 5.10 Å². The zero-order valence-corrected chi connectivity index (χ0v) is 20.8. The summed E-state index contributed by atoms with van der Waals surface area (Å²) in [6.45, 7) is 4.73. The molecule has 4 aromatic rings. The minimum absolute atomic E-state index is 0.0911. The molecule has 0 aliphatic heterocycles. The Morgan fingerprint density at radius 2 is 1.86 bits per heavy atom. The molecule has 0 aliphatic rings. The molecule has 2 heterocycles. The smallest absolute Gasteiger partial charge is 0.250 e. The number of fused-ring (bicyclic) bond motifs is 1. The first-order valence-electron chi connectivity index (χ1n) is 12.0. The van der Waals surface area contributed by atoms with Gasteiger partial charge in [0.2, 0.25) is 5.91 Å². The lowest BCUT2D eigenvalue weighted by Crippen LogP contribution is -2.45. The molecule has 0 saturated carbocycles. The van der Waals surface area contributed by atoms with Crippen LogP contribution < -0.4 is 10.1 Å². The molecule has 188 valence electrons. The van der Waals surface area contributed by atoms with Gasteiger partial charge >= 0.3 is 0 Å². The number of para-hydroxylation sites is 2. The van der Waals surface area contributed by atoms with Crippen molar-refractivity contribution in [2.45, 2.75) is 39.4 Å². The molecule has 0 spiro atoms. The van der Waals surface area contributed by atoms with Gasteiger partial charge in [-0.2, -0.15) is 0 Å². The van der Waals surface area contributed by atoms with Gasteiger partial charge in [-0.1, -0.05) is 49.4 Å². The Morgan fingerprint density at radius 1 is 1.08 bits per heavy atom. The number of nitrogens with zero attached hydrogens (tertiary/aromatic N) is 4. The van der Waals surface area contributed by atoms with Crippen LogP contribution in [0, 0.1) is 5.92 Å². The number of aromatic nitrogens is 3. The van der Waals surface area contributed by atoms with Crippen molar-refractivity contribution >= 4 is 22.8 Å². The molecule has 0 saturated heterocycles. The van der Waals surface area contributed by atoms with Gasteiger partial charge in [0.15, 0.2) is 6.04 Å². The summed E-state index contributed by atoms with van der Waals surface area (Å²) < 4.78 is 12.7. The standard InChI is InChI=1S/C27H31N5O4/c1-19(2)14-15-28-27(34)26(24-13-8-16-36-24)31(17-20-9-4-7-12-23(20)35-3)25(33)18-32-22-11-6-5-10-21(22)29-30-32/h4-13,16,19,26H,14-15,17-18H2,1-3H3,(H,28,34). The van der Waals surface area contributed by atoms with Gasteiger partial charge in [0.1, 0.15) is 23.6 Å². The molecular weight excluding hydrogens is 458 g/mol. The van der Waals surface area contributed by atoms with Crippen molar-refractivity contribution in [1.29, 1.82) is 0 Å². The maximum absolute atomic E-state index is 13.9. The second kappa shape index (κ2) is 11.5. The first kappa shape index (κ1) is 25.0. The van der Waals surface area contributed by atoms with E-state index < -0.39 is 6.04 Å². The Morgan fingerprint density at radius 3 is 2.61 bits per heavy atom. The highest BCUT2D eigenvalue weighted by atomic mass is 16.5. The third kappa shape index (κ3) is 5.73. The van der Waals surface area contributed by atoms with E-state index in [0.717, 1.165) is 17.5 Å². The number of furan rings is 1. The molecular formula is C27H31N5O4. The van der Waals surface area contributed by atoms with E-state index in [1.807, 2.05) is 48.5 Å². The molecule has 1 atom stereocenters. The number of hydrogen-bond acceptors (Lipinski definition) is 6. The summed E-state index contributed by atoms with van der Waals surface area (Å²) in [6, 6.07) is 17.3. The molecule has 0 radical (unpaired) electrons. The molecule has 1 unspecified atom stereocenters. The minimum Gasteiger partial charge on any atom is -0.496 e. The zero-order valence-electron chi connectivity index (χ0n) is 20.8. The van der Waals surface area contributed by atoms with Crippen LogP contribution in [0.5, 0.6) is 5.75 Å². The predicted molar refractivity (Wildman–Crippen MR) is 135 cm³/mol. The second-order valence-corrected chi connectivity index (χ2v) is 8.96. The van der Waals surface area contributed by atoms with Crippen LogP contribution in [0.25, 0.3) is 11.0 Å². The summed E-state index contributed by atoms with van der Waals surface area (Å²) >= 11 is 0. The van der Waals surface area contributed by atoms with Crippen LogP contribution in [0.1, 0.15) is 37.6 Å². The van der Waals surface area contributed by atoms with Gasteiger partial charge in [0, 0.05) is 12.1 Å². The van der Waals surface area contributed by atoms with E-state index in [-0.39, 0.29) is 24.9 Å². The monoisotopic (exact) mass is 489 g/mol. The fraction of sp³-hybridized carbons (Fsp3) is 0.333. The number of carbonyl (C=O) groups excluding carboxylic acids is 2. The Hall–Kier alpha value is -4.14. The van der Waals surface area contributed by atoms with E-state index in [2.05, 4.69) is 29.5 Å². The summed E-state index contributed by atoms with van der Waals surface area (Å²) in [5.74, 6) is 0.817. The van der Waals surface area contributed by atoms with Crippen LogP contribution in [0.2, 0.25) is 0 Å². The first-order valence-corrected chi connectivity index (χ1v) is 12.0. The average Bonchev–Trinajstić information content (AvgIpc) is 3.54. The van der Waals surface area contributed by atoms with Crippen LogP contribution in [0.3, 0.4) is 0 Å². The number of ether oxygens (including phenoxy) is 1. The lowest BCUT2D eigenvalue weighted by molar-refractivity contribution is -0.143. The SMILES string of the molecule is COc1ccccc1CN(C(=O)Cn1nnc2ccccc21)C(C(=O)NCCC(C)C)c1ccco1. The maximum atomic E-state index is 13.9. The molecule has 4 rings (SSSR count). The zero-order chi connectivity index (χ0) is 25.5. The number of rotatable bonds is 11. The Balaban J connectivity index is 1.70. The van der Waals surface area contributed by atoms with Gasteiger partial charge in [0.25, 0.3) is 5.91 Å². The predicted octanol–water partition coefficient (Wildman–Crippen LogP) is 3.97. The molecule has 9 nitrogen and oxygen atoms in total. The van der Waals surface area contributed by atoms with Gasteiger partial charge < -0.3 is 19.4 Å². The maximum Gasteiger partial charge on any atom is 0.250 e. The van der Waals surface area contributed by atoms with Gasteiger partial charge in [-0.25, -0.2) is 4.68 Å². The Bertz CT molecular complexity index is 1300. The average molecular weight is 490 g/mol. The summed E-state index contributed by atoms with van der Waals surface area (Å²) in [6.07, 6.45) is 2.32. The fourth-order valence-electron chi connectivity index (χ4n) is 4.05. The molecule has 0 bridgehead atoms. The van der Waals surface area contributed by atoms with Crippen molar-refractivity contribution < 1.29 is 18.7 Å². The van der Waals surface area contributed by atoms with Crippen LogP contribution >= 0.6 is 0 Å². The quantitative estimate of drug-likeness (QED) is 0.342. The molecule has 1 N–H and O–H groups in total. The molecule has 36 heavy (non-hydrogen) atoms. The van der Waals surface area contributed by atoms with E-state index in [4.69, 9.17) is 9.15 Å². The van der Waals surface area contributed by atoms with E-state index >= 15 is 0 Å². The summed E-state index contributed by atoms with van der Waals surface area (Å²) in [4.78, 5) is 28.9. The number of amides is 2. The van der Waals surface area contributed by atoms with Crippen LogP contribution in [-0.2, 0) is 22.7 Å². The summed E-state index contributed by atoms with van der Waals surface area (Å²) in [7, 11) is 1.58. The topological polar surface area (TPSA) is 102 Å². The van der Waals surface area contributed by atoms with Crippen molar-refractivity contribution in [3.63, 3.8) is 0 Å². The lowest BCUT2D eigenvalue weighted by Gasteiger charge is -2.30. The Kier molecular flexibility index (Phi) is 7.99. The summed E-state index contributed by atoms with van der Waals surface area (Å²) in [5.41, 5.74) is 2.19. The number of benzene rings is 2.